The molecule has 2 aliphatic heterocycles. The van der Waals surface area contributed by atoms with Gasteiger partial charge in [-0.25, -0.2) is 0 Å². The van der Waals surface area contributed by atoms with Crippen LogP contribution >= 0.6 is 0 Å². The first-order chi connectivity index (χ1) is 8.04. The maximum Gasteiger partial charge on any atom is 0.239 e. The van der Waals surface area contributed by atoms with Crippen LogP contribution in [0, 0.1) is 11.8 Å². The predicted molar refractivity (Wildman–Crippen MR) is 63.1 cm³/mol. The largest absolute Gasteiger partial charge is 0.389 e. The third-order valence-corrected chi connectivity index (χ3v) is 3.40. The standard InChI is InChI=1S/C12H22N2O3/c1-9-3-10(2)5-13(4-9)12(16)7-14-6-11(15)8-17-14/h9-11,15H,3-8H2,1-2H3/t9?,10?,11-/m1/s1. The van der Waals surface area contributed by atoms with Gasteiger partial charge in [-0.05, 0) is 18.3 Å². The van der Waals surface area contributed by atoms with Crippen molar-refractivity contribution >= 4 is 5.91 Å². The summed E-state index contributed by atoms with van der Waals surface area (Å²) in [5, 5.41) is 10.9. The number of hydroxylamine groups is 2. The first kappa shape index (κ1) is 12.8. The van der Waals surface area contributed by atoms with Crippen molar-refractivity contribution < 1.29 is 14.7 Å². The Hall–Kier alpha value is -0.650. The Bertz CT molecular complexity index is 275. The lowest BCUT2D eigenvalue weighted by Crippen LogP contribution is -2.46. The molecule has 0 aromatic carbocycles. The van der Waals surface area contributed by atoms with Gasteiger partial charge in [-0.15, -0.1) is 0 Å². The van der Waals surface area contributed by atoms with E-state index in [0.29, 0.717) is 25.0 Å². The monoisotopic (exact) mass is 242 g/mol. The normalized spacial score (nSPS) is 35.2. The van der Waals surface area contributed by atoms with Crippen molar-refractivity contribution in [3.8, 4) is 0 Å². The maximum atomic E-state index is 12.1. The molecule has 0 aliphatic carbocycles. The molecule has 1 amide bonds. The van der Waals surface area contributed by atoms with Crippen LogP contribution in [0.3, 0.4) is 0 Å². The van der Waals surface area contributed by atoms with Crippen LogP contribution in [0.25, 0.3) is 0 Å². The number of likely N-dealkylation sites (tertiary alicyclic amines) is 1. The van der Waals surface area contributed by atoms with Gasteiger partial charge in [-0.1, -0.05) is 13.8 Å². The number of nitrogens with zero attached hydrogens (tertiary/aromatic N) is 2. The summed E-state index contributed by atoms with van der Waals surface area (Å²) in [4.78, 5) is 19.2. The van der Waals surface area contributed by atoms with Gasteiger partial charge in [0.15, 0.2) is 0 Å². The summed E-state index contributed by atoms with van der Waals surface area (Å²) in [7, 11) is 0. The van der Waals surface area contributed by atoms with Crippen LogP contribution in [0.15, 0.2) is 0 Å². The lowest BCUT2D eigenvalue weighted by Gasteiger charge is -2.35. The third kappa shape index (κ3) is 3.40. The van der Waals surface area contributed by atoms with Gasteiger partial charge >= 0.3 is 0 Å². The fourth-order valence-electron chi connectivity index (χ4n) is 2.76. The van der Waals surface area contributed by atoms with E-state index in [0.717, 1.165) is 13.1 Å². The number of hydrogen-bond acceptors (Lipinski definition) is 4. The van der Waals surface area contributed by atoms with Crippen LogP contribution in [-0.4, -0.2) is 59.9 Å². The van der Waals surface area contributed by atoms with Crippen LogP contribution < -0.4 is 0 Å². The van der Waals surface area contributed by atoms with Crippen molar-refractivity contribution in [1.82, 2.24) is 9.96 Å². The Balaban J connectivity index is 1.82. The molecule has 2 saturated heterocycles. The summed E-state index contributed by atoms with van der Waals surface area (Å²) < 4.78 is 0. The Kier molecular flexibility index (Phi) is 4.01. The molecule has 2 heterocycles. The highest BCUT2D eigenvalue weighted by Gasteiger charge is 2.29. The first-order valence-electron chi connectivity index (χ1n) is 6.38. The number of carbonyl (C=O) groups excluding carboxylic acids is 1. The lowest BCUT2D eigenvalue weighted by atomic mass is 9.92. The van der Waals surface area contributed by atoms with Crippen molar-refractivity contribution in [2.75, 3.05) is 32.8 Å². The minimum atomic E-state index is -0.456. The number of amides is 1. The Labute approximate surface area is 102 Å². The number of β-amino-alcohol motifs (C(OH)–C–C–N with tert-alkyl or cyclic N) is 1. The van der Waals surface area contributed by atoms with Gasteiger partial charge in [0, 0.05) is 13.1 Å². The molecule has 2 aliphatic rings. The molecule has 0 aromatic rings. The number of piperidine rings is 1. The van der Waals surface area contributed by atoms with E-state index < -0.39 is 6.10 Å². The Morgan fingerprint density at radius 2 is 1.94 bits per heavy atom. The molecular weight excluding hydrogens is 220 g/mol. The lowest BCUT2D eigenvalue weighted by molar-refractivity contribution is -0.153. The van der Waals surface area contributed by atoms with Crippen LogP contribution in [0.1, 0.15) is 20.3 Å². The van der Waals surface area contributed by atoms with E-state index in [9.17, 15) is 9.90 Å². The van der Waals surface area contributed by atoms with E-state index in [2.05, 4.69) is 13.8 Å². The molecule has 2 unspecified atom stereocenters. The molecule has 0 bridgehead atoms. The van der Waals surface area contributed by atoms with Crippen molar-refractivity contribution in [2.24, 2.45) is 11.8 Å². The van der Waals surface area contributed by atoms with Gasteiger partial charge in [0.2, 0.25) is 5.91 Å². The summed E-state index contributed by atoms with van der Waals surface area (Å²) in [6.07, 6.45) is 0.741. The summed E-state index contributed by atoms with van der Waals surface area (Å²) in [6, 6.07) is 0. The van der Waals surface area contributed by atoms with Gasteiger partial charge < -0.3 is 10.0 Å². The van der Waals surface area contributed by atoms with E-state index in [1.54, 1.807) is 5.06 Å². The number of rotatable bonds is 2. The zero-order chi connectivity index (χ0) is 12.4. The molecule has 1 N–H and O–H groups in total. The molecule has 0 aromatic heterocycles. The fraction of sp³-hybridized carbons (Fsp3) is 0.917. The number of hydrogen-bond donors (Lipinski definition) is 1. The van der Waals surface area contributed by atoms with Crippen LogP contribution in [0.4, 0.5) is 0 Å². The van der Waals surface area contributed by atoms with E-state index in [4.69, 9.17) is 4.84 Å². The molecule has 98 valence electrons. The van der Waals surface area contributed by atoms with E-state index >= 15 is 0 Å². The van der Waals surface area contributed by atoms with Crippen molar-refractivity contribution in [2.45, 2.75) is 26.4 Å². The highest BCUT2D eigenvalue weighted by Crippen LogP contribution is 2.21. The molecule has 5 nitrogen and oxygen atoms in total. The van der Waals surface area contributed by atoms with Crippen LogP contribution in [0.2, 0.25) is 0 Å². The van der Waals surface area contributed by atoms with Gasteiger partial charge in [0.05, 0.1) is 19.3 Å². The molecule has 5 heteroatoms. The van der Waals surface area contributed by atoms with Crippen molar-refractivity contribution in [3.05, 3.63) is 0 Å². The fourth-order valence-corrected chi connectivity index (χ4v) is 2.76. The summed E-state index contributed by atoms with van der Waals surface area (Å²) >= 11 is 0. The van der Waals surface area contributed by atoms with E-state index in [1.807, 2.05) is 4.90 Å². The Morgan fingerprint density at radius 3 is 2.47 bits per heavy atom. The maximum absolute atomic E-state index is 12.1. The predicted octanol–water partition coefficient (Wildman–Crippen LogP) is 0.0990. The summed E-state index contributed by atoms with van der Waals surface area (Å²) in [5.74, 6) is 1.26. The summed E-state index contributed by atoms with van der Waals surface area (Å²) in [6.45, 7) is 7.07. The molecule has 0 radical (unpaired) electrons. The molecule has 17 heavy (non-hydrogen) atoms. The topological polar surface area (TPSA) is 53.0 Å². The van der Waals surface area contributed by atoms with Gasteiger partial charge in [-0.3, -0.25) is 9.63 Å². The second-order valence-electron chi connectivity index (χ2n) is 5.52. The molecular formula is C12H22N2O3. The smallest absolute Gasteiger partial charge is 0.239 e. The average molecular weight is 242 g/mol. The van der Waals surface area contributed by atoms with Crippen molar-refractivity contribution in [3.63, 3.8) is 0 Å². The van der Waals surface area contributed by atoms with Crippen LogP contribution in [0.5, 0.6) is 0 Å². The van der Waals surface area contributed by atoms with Crippen LogP contribution in [-0.2, 0) is 9.63 Å². The van der Waals surface area contributed by atoms with E-state index in [1.165, 1.54) is 6.42 Å². The summed E-state index contributed by atoms with van der Waals surface area (Å²) in [5.41, 5.74) is 0. The molecule has 0 spiro atoms. The first-order valence-corrected chi connectivity index (χ1v) is 6.38. The van der Waals surface area contributed by atoms with Gasteiger partial charge in [0.1, 0.15) is 6.54 Å². The Morgan fingerprint density at radius 1 is 1.29 bits per heavy atom. The molecule has 2 fully saturated rings. The SMILES string of the molecule is CC1CC(C)CN(C(=O)CN2C[C@@H](O)CO2)C1. The zero-order valence-corrected chi connectivity index (χ0v) is 10.6. The quantitative estimate of drug-likeness (QED) is 0.746. The highest BCUT2D eigenvalue weighted by molar-refractivity contribution is 5.78. The minimum Gasteiger partial charge on any atom is -0.389 e. The third-order valence-electron chi connectivity index (χ3n) is 3.40. The molecule has 3 atom stereocenters. The number of carbonyl (C=O) groups is 1. The number of aliphatic hydroxyl groups excluding tert-OH is 1. The highest BCUT2D eigenvalue weighted by atomic mass is 16.7. The second-order valence-corrected chi connectivity index (χ2v) is 5.52. The minimum absolute atomic E-state index is 0.109. The molecule has 0 saturated carbocycles. The zero-order valence-electron chi connectivity index (χ0n) is 10.6. The number of aliphatic hydroxyl groups is 1. The van der Waals surface area contributed by atoms with Gasteiger partial charge in [-0.2, -0.15) is 5.06 Å². The van der Waals surface area contributed by atoms with E-state index in [-0.39, 0.29) is 12.5 Å². The average Bonchev–Trinajstić information content (AvgIpc) is 2.62. The van der Waals surface area contributed by atoms with Gasteiger partial charge in [0.25, 0.3) is 0 Å². The second kappa shape index (κ2) is 5.33. The van der Waals surface area contributed by atoms with Crippen molar-refractivity contribution in [1.29, 1.82) is 0 Å². The molecule has 2 rings (SSSR count).